The molecule has 0 saturated heterocycles. The summed E-state index contributed by atoms with van der Waals surface area (Å²) in [5.41, 5.74) is 3.76. The van der Waals surface area contributed by atoms with Gasteiger partial charge in [-0.1, -0.05) is 60.7 Å². The van der Waals surface area contributed by atoms with Crippen LogP contribution in [0.2, 0.25) is 0 Å². The van der Waals surface area contributed by atoms with Crippen molar-refractivity contribution in [2.24, 2.45) is 5.10 Å². The molecule has 1 aliphatic rings. The first-order chi connectivity index (χ1) is 12.1. The predicted molar refractivity (Wildman–Crippen MR) is 90.9 cm³/mol. The summed E-state index contributed by atoms with van der Waals surface area (Å²) in [6, 6.07) is 15.8. The number of hydrogen-bond acceptors (Lipinski definition) is 5. The number of nitrogens with one attached hydrogen (secondary N) is 1. The average molecular weight is 323 g/mol. The third-order valence-electron chi connectivity index (χ3n) is 3.76. The van der Waals surface area contributed by atoms with Crippen molar-refractivity contribution in [1.82, 2.24) is 5.43 Å². The molecule has 2 aromatic rings. The fourth-order valence-electron chi connectivity index (χ4n) is 2.65. The first-order valence-electron chi connectivity index (χ1n) is 8.24. The Balaban J connectivity index is 2.04. The molecule has 5 heteroatoms. The maximum Gasteiger partial charge on any atom is 0.331 e. The molecule has 5 nitrogen and oxygen atoms in total. The van der Waals surface area contributed by atoms with Gasteiger partial charge in [-0.15, -0.1) is 0 Å². The van der Waals surface area contributed by atoms with Crippen molar-refractivity contribution in [2.75, 3.05) is 6.61 Å². The Bertz CT molecular complexity index is 808. The van der Waals surface area contributed by atoms with Crippen molar-refractivity contribution < 1.29 is 15.7 Å². The van der Waals surface area contributed by atoms with Crippen LogP contribution in [-0.4, -0.2) is 30.1 Å². The van der Waals surface area contributed by atoms with E-state index < -0.39 is 17.9 Å². The van der Waals surface area contributed by atoms with Gasteiger partial charge in [-0.2, -0.15) is 5.10 Å². The highest BCUT2D eigenvalue weighted by molar-refractivity contribution is 6.48. The molecule has 2 atom stereocenters. The lowest BCUT2D eigenvalue weighted by Crippen LogP contribution is -2.38. The molecular weight excluding hydrogens is 304 g/mol. The lowest BCUT2D eigenvalue weighted by molar-refractivity contribution is -0.145. The van der Waals surface area contributed by atoms with Crippen LogP contribution in [0.5, 0.6) is 0 Å². The fourth-order valence-corrected chi connectivity index (χ4v) is 2.65. The minimum atomic E-state index is -1.88. The van der Waals surface area contributed by atoms with Crippen molar-refractivity contribution in [3.05, 3.63) is 71.8 Å². The van der Waals surface area contributed by atoms with E-state index >= 15 is 0 Å². The van der Waals surface area contributed by atoms with Gasteiger partial charge in [0, 0.05) is 5.56 Å². The molecule has 0 amide bonds. The van der Waals surface area contributed by atoms with Crippen molar-refractivity contribution in [1.29, 1.82) is 0 Å². The normalized spacial score (nSPS) is 23.0. The number of ether oxygens (including phenoxy) is 1. The molecule has 1 aliphatic heterocycles. The Morgan fingerprint density at radius 1 is 1.12 bits per heavy atom. The first kappa shape index (κ1) is 14.6. The van der Waals surface area contributed by atoms with E-state index in [0.29, 0.717) is 11.1 Å². The second-order valence-electron chi connectivity index (χ2n) is 5.28. The summed E-state index contributed by atoms with van der Waals surface area (Å²) < 4.78 is 13.7. The van der Waals surface area contributed by atoms with E-state index in [2.05, 4.69) is 10.5 Å². The Morgan fingerprint density at radius 2 is 1.75 bits per heavy atom. The van der Waals surface area contributed by atoms with E-state index in [0.717, 1.165) is 0 Å². The van der Waals surface area contributed by atoms with E-state index in [-0.39, 0.29) is 18.1 Å². The molecule has 0 radical (unpaired) electrons. The van der Waals surface area contributed by atoms with Gasteiger partial charge < -0.3 is 4.74 Å². The van der Waals surface area contributed by atoms with E-state index in [1.165, 1.54) is 0 Å². The van der Waals surface area contributed by atoms with Gasteiger partial charge in [-0.05, 0) is 12.5 Å². The molecule has 3 rings (SSSR count). The van der Waals surface area contributed by atoms with E-state index in [1.807, 2.05) is 12.1 Å². The summed E-state index contributed by atoms with van der Waals surface area (Å²) in [6.45, 7) is 1.81. The van der Waals surface area contributed by atoms with Crippen molar-refractivity contribution in [2.45, 2.75) is 18.9 Å². The Hall–Kier alpha value is -2.95. The highest BCUT2D eigenvalue weighted by Crippen LogP contribution is 2.28. The van der Waals surface area contributed by atoms with Crippen LogP contribution in [0.4, 0.5) is 0 Å². The van der Waals surface area contributed by atoms with Crippen LogP contribution in [0.3, 0.4) is 0 Å². The summed E-state index contributed by atoms with van der Waals surface area (Å²) in [6.07, 6.45) is 0. The Kier molecular flexibility index (Phi) is 4.32. The van der Waals surface area contributed by atoms with Gasteiger partial charge in [0.1, 0.15) is 5.71 Å². The number of benzene rings is 2. The van der Waals surface area contributed by atoms with Gasteiger partial charge in [0.05, 0.1) is 13.9 Å². The first-order valence-corrected chi connectivity index (χ1v) is 7.74. The van der Waals surface area contributed by atoms with Crippen LogP contribution in [0.15, 0.2) is 65.8 Å². The van der Waals surface area contributed by atoms with E-state index in [1.54, 1.807) is 55.5 Å². The number of esters is 1. The van der Waals surface area contributed by atoms with Crippen LogP contribution in [0, 0.1) is 0 Å². The lowest BCUT2D eigenvalue weighted by Gasteiger charge is -2.19. The van der Waals surface area contributed by atoms with Gasteiger partial charge in [0.25, 0.3) is 0 Å². The van der Waals surface area contributed by atoms with Crippen molar-refractivity contribution in [3.63, 3.8) is 0 Å². The number of carbonyl (C=O) groups excluding carboxylic acids is 2. The maximum atomic E-state index is 12.9. The molecule has 122 valence electrons. The molecule has 0 spiro atoms. The second kappa shape index (κ2) is 7.08. The predicted octanol–water partition coefficient (Wildman–Crippen LogP) is 2.54. The highest BCUT2D eigenvalue weighted by Gasteiger charge is 2.41. The lowest BCUT2D eigenvalue weighted by atomic mass is 9.85. The zero-order chi connectivity index (χ0) is 17.9. The molecule has 2 unspecified atom stereocenters. The monoisotopic (exact) mass is 323 g/mol. The minimum Gasteiger partial charge on any atom is -0.464 e. The third kappa shape index (κ3) is 3.06. The zero-order valence-corrected chi connectivity index (χ0v) is 13.2. The van der Waals surface area contributed by atoms with Gasteiger partial charge in [0.2, 0.25) is 5.78 Å². The smallest absolute Gasteiger partial charge is 0.331 e. The summed E-state index contributed by atoms with van der Waals surface area (Å²) >= 11 is 0. The molecule has 24 heavy (non-hydrogen) atoms. The number of hydrogen-bond donors (Lipinski definition) is 1. The summed E-state index contributed by atoms with van der Waals surface area (Å²) in [7, 11) is 0. The molecular formula is C19H18N2O3. The van der Waals surface area contributed by atoms with Crippen molar-refractivity contribution >= 4 is 17.5 Å². The Labute approximate surface area is 141 Å². The van der Waals surface area contributed by atoms with Gasteiger partial charge in [-0.3, -0.25) is 10.2 Å². The third-order valence-corrected chi connectivity index (χ3v) is 3.76. The topological polar surface area (TPSA) is 67.8 Å². The second-order valence-corrected chi connectivity index (χ2v) is 5.28. The zero-order valence-electron chi connectivity index (χ0n) is 14.2. The number of ketones is 1. The number of nitrogens with zero attached hydrogens (tertiary/aromatic N) is 1. The number of hydrazone groups is 1. The van der Waals surface area contributed by atoms with Crippen LogP contribution >= 0.6 is 0 Å². The SMILES string of the molecule is [2H]C1(C(=O)OCC)NN=C(C(=O)c2ccccc2)C1c1ccccc1. The summed E-state index contributed by atoms with van der Waals surface area (Å²) in [4.78, 5) is 25.3. The summed E-state index contributed by atoms with van der Waals surface area (Å²) in [5.74, 6) is -1.94. The molecule has 0 saturated carbocycles. The largest absolute Gasteiger partial charge is 0.464 e. The molecule has 0 aliphatic carbocycles. The maximum absolute atomic E-state index is 12.9. The number of Topliss-reactive ketones (excluding diaryl/α,β-unsaturated/α-hetero) is 1. The van der Waals surface area contributed by atoms with Gasteiger partial charge >= 0.3 is 5.97 Å². The van der Waals surface area contributed by atoms with Crippen LogP contribution < -0.4 is 5.43 Å². The van der Waals surface area contributed by atoms with Crippen LogP contribution in [0.1, 0.15) is 30.1 Å². The molecule has 0 bridgehead atoms. The average Bonchev–Trinajstić information content (AvgIpc) is 3.01. The number of rotatable bonds is 5. The standard InChI is InChI=1S/C19H18N2O3/c1-2-24-19(23)17-15(13-9-5-3-6-10-13)16(20-21-17)18(22)14-11-7-4-8-12-14/h3-12,15,17,21H,2H2,1H3/i17D. The van der Waals surface area contributed by atoms with Crippen molar-refractivity contribution in [3.8, 4) is 0 Å². The highest BCUT2D eigenvalue weighted by atomic mass is 16.5. The molecule has 0 aromatic heterocycles. The molecule has 0 fully saturated rings. The van der Waals surface area contributed by atoms with E-state index in [4.69, 9.17) is 6.11 Å². The van der Waals surface area contributed by atoms with Crippen LogP contribution in [0.25, 0.3) is 0 Å². The van der Waals surface area contributed by atoms with Gasteiger partial charge in [-0.25, -0.2) is 4.79 Å². The minimum absolute atomic E-state index is 0.125. The molecule has 1 N–H and O–H groups in total. The quantitative estimate of drug-likeness (QED) is 0.678. The van der Waals surface area contributed by atoms with Crippen LogP contribution in [-0.2, 0) is 9.53 Å². The van der Waals surface area contributed by atoms with Gasteiger partial charge in [0.15, 0.2) is 6.02 Å². The van der Waals surface area contributed by atoms with E-state index in [9.17, 15) is 9.59 Å². The number of carbonyl (C=O) groups is 2. The summed E-state index contributed by atoms with van der Waals surface area (Å²) in [5, 5.41) is 4.06. The molecule has 2 aromatic carbocycles. The Morgan fingerprint density at radius 3 is 2.38 bits per heavy atom. The fraction of sp³-hybridized carbons (Fsp3) is 0.211. The molecule has 1 heterocycles.